The summed E-state index contributed by atoms with van der Waals surface area (Å²) in [4.78, 5) is 16.6. The predicted octanol–water partition coefficient (Wildman–Crippen LogP) is 3.72. The third-order valence-electron chi connectivity index (χ3n) is 4.39. The van der Waals surface area contributed by atoms with Crippen LogP contribution in [0.3, 0.4) is 0 Å². The van der Waals surface area contributed by atoms with E-state index in [0.29, 0.717) is 24.0 Å². The van der Waals surface area contributed by atoms with Crippen molar-refractivity contribution in [3.63, 3.8) is 0 Å². The molecule has 0 amide bonds. The van der Waals surface area contributed by atoms with Crippen LogP contribution in [-0.2, 0) is 6.54 Å². The van der Waals surface area contributed by atoms with Crippen LogP contribution in [0, 0.1) is 6.92 Å². The first-order valence-corrected chi connectivity index (χ1v) is 9.33. The highest BCUT2D eigenvalue weighted by Gasteiger charge is 2.12. The van der Waals surface area contributed by atoms with Crippen molar-refractivity contribution in [2.24, 2.45) is 0 Å². The van der Waals surface area contributed by atoms with Crippen LogP contribution in [0.5, 0.6) is 5.75 Å². The van der Waals surface area contributed by atoms with Gasteiger partial charge in [-0.05, 0) is 44.2 Å². The summed E-state index contributed by atoms with van der Waals surface area (Å²) in [5.74, 6) is 1.54. The molecule has 0 aliphatic rings. The van der Waals surface area contributed by atoms with E-state index in [0.717, 1.165) is 22.4 Å². The third-order valence-corrected chi connectivity index (χ3v) is 4.39. The molecule has 0 aliphatic carbocycles. The zero-order valence-corrected chi connectivity index (χ0v) is 16.2. The molecular weight excluding hydrogens is 368 g/mol. The van der Waals surface area contributed by atoms with E-state index in [2.05, 4.69) is 15.2 Å². The van der Waals surface area contributed by atoms with Crippen molar-refractivity contribution in [3.05, 3.63) is 82.5 Å². The normalized spacial score (nSPS) is 10.8. The van der Waals surface area contributed by atoms with Gasteiger partial charge in [0.05, 0.1) is 12.3 Å². The van der Waals surface area contributed by atoms with Gasteiger partial charge in [-0.25, -0.2) is 4.68 Å². The molecule has 2 aromatic heterocycles. The summed E-state index contributed by atoms with van der Waals surface area (Å²) < 4.78 is 12.1. The highest BCUT2D eigenvalue weighted by Crippen LogP contribution is 2.20. The second kappa shape index (κ2) is 8.10. The van der Waals surface area contributed by atoms with Crippen molar-refractivity contribution in [1.29, 1.82) is 0 Å². The molecule has 29 heavy (non-hydrogen) atoms. The van der Waals surface area contributed by atoms with Gasteiger partial charge in [0.1, 0.15) is 12.3 Å². The number of nitrogens with zero attached hydrogens (tertiary/aromatic N) is 4. The largest absolute Gasteiger partial charge is 0.494 e. The van der Waals surface area contributed by atoms with Crippen molar-refractivity contribution in [3.8, 4) is 28.4 Å². The number of benzene rings is 2. The van der Waals surface area contributed by atoms with Crippen molar-refractivity contribution < 1.29 is 9.26 Å². The minimum atomic E-state index is -0.235. The van der Waals surface area contributed by atoms with Gasteiger partial charge < -0.3 is 9.26 Å². The Kier molecular flexibility index (Phi) is 5.20. The van der Waals surface area contributed by atoms with Gasteiger partial charge in [-0.1, -0.05) is 35.0 Å². The van der Waals surface area contributed by atoms with Crippen LogP contribution in [0.25, 0.3) is 22.6 Å². The summed E-state index contributed by atoms with van der Waals surface area (Å²) in [6.07, 6.45) is 0. The number of hydrogen-bond acceptors (Lipinski definition) is 6. The van der Waals surface area contributed by atoms with Crippen LogP contribution in [0.1, 0.15) is 18.4 Å². The van der Waals surface area contributed by atoms with Crippen LogP contribution >= 0.6 is 0 Å². The van der Waals surface area contributed by atoms with Crippen LogP contribution < -0.4 is 10.3 Å². The minimum Gasteiger partial charge on any atom is -0.494 e. The average molecular weight is 388 g/mol. The van der Waals surface area contributed by atoms with Gasteiger partial charge >= 0.3 is 0 Å². The Hall–Kier alpha value is -3.74. The van der Waals surface area contributed by atoms with E-state index in [1.807, 2.05) is 62.4 Å². The highest BCUT2D eigenvalue weighted by atomic mass is 16.5. The summed E-state index contributed by atoms with van der Waals surface area (Å²) in [7, 11) is 0. The van der Waals surface area contributed by atoms with Crippen molar-refractivity contribution in [2.45, 2.75) is 20.4 Å². The minimum absolute atomic E-state index is 0.0998. The van der Waals surface area contributed by atoms with Crippen molar-refractivity contribution in [2.75, 3.05) is 6.61 Å². The second-order valence-electron chi connectivity index (χ2n) is 6.55. The Bertz CT molecular complexity index is 1160. The maximum atomic E-state index is 12.2. The van der Waals surface area contributed by atoms with E-state index in [4.69, 9.17) is 9.26 Å². The molecule has 0 spiro atoms. The van der Waals surface area contributed by atoms with Gasteiger partial charge in [-0.15, -0.1) is 0 Å². The molecule has 0 unspecified atom stereocenters. The van der Waals surface area contributed by atoms with E-state index in [1.54, 1.807) is 6.07 Å². The van der Waals surface area contributed by atoms with Crippen molar-refractivity contribution in [1.82, 2.24) is 19.9 Å². The first-order chi connectivity index (χ1) is 14.1. The molecule has 0 bridgehead atoms. The SMILES string of the molecule is CCOc1ccc(-c2noc(Cn3nc(-c4ccc(C)cc4)ccc3=O)n2)cc1. The lowest BCUT2D eigenvalue weighted by molar-refractivity contribution is 0.340. The lowest BCUT2D eigenvalue weighted by Gasteiger charge is -2.05. The zero-order chi connectivity index (χ0) is 20.2. The molecule has 7 nitrogen and oxygen atoms in total. The maximum Gasteiger partial charge on any atom is 0.267 e. The van der Waals surface area contributed by atoms with Gasteiger partial charge in [0.25, 0.3) is 5.56 Å². The molecule has 0 saturated carbocycles. The molecule has 4 rings (SSSR count). The summed E-state index contributed by atoms with van der Waals surface area (Å²) in [5.41, 5.74) is 3.37. The second-order valence-corrected chi connectivity index (χ2v) is 6.55. The van der Waals surface area contributed by atoms with E-state index in [-0.39, 0.29) is 12.1 Å². The van der Waals surface area contributed by atoms with Crippen LogP contribution in [0.4, 0.5) is 0 Å². The van der Waals surface area contributed by atoms with Crippen LogP contribution in [0.2, 0.25) is 0 Å². The molecule has 0 atom stereocenters. The van der Waals surface area contributed by atoms with Gasteiger partial charge in [0, 0.05) is 17.2 Å². The molecule has 0 aliphatic heterocycles. The molecule has 0 N–H and O–H groups in total. The number of hydrogen-bond donors (Lipinski definition) is 0. The lowest BCUT2D eigenvalue weighted by Crippen LogP contribution is -2.23. The Balaban J connectivity index is 1.56. The van der Waals surface area contributed by atoms with Crippen LogP contribution in [-0.4, -0.2) is 26.5 Å². The molecule has 2 aromatic carbocycles. The first kappa shape index (κ1) is 18.6. The Morgan fingerprint density at radius 2 is 1.69 bits per heavy atom. The third kappa shape index (κ3) is 4.24. The summed E-state index contributed by atoms with van der Waals surface area (Å²) in [6, 6.07) is 18.6. The molecule has 4 aromatic rings. The zero-order valence-electron chi connectivity index (χ0n) is 16.2. The lowest BCUT2D eigenvalue weighted by atomic mass is 10.1. The van der Waals surface area contributed by atoms with Gasteiger partial charge in [0.2, 0.25) is 11.7 Å². The Labute approximate surface area is 167 Å². The van der Waals surface area contributed by atoms with Crippen molar-refractivity contribution >= 4 is 0 Å². The number of ether oxygens (including phenoxy) is 1. The fourth-order valence-electron chi connectivity index (χ4n) is 2.87. The monoisotopic (exact) mass is 388 g/mol. The van der Waals surface area contributed by atoms with E-state index >= 15 is 0 Å². The summed E-state index contributed by atoms with van der Waals surface area (Å²) >= 11 is 0. The molecule has 2 heterocycles. The van der Waals surface area contributed by atoms with E-state index in [1.165, 1.54) is 10.7 Å². The molecule has 0 fully saturated rings. The quantitative estimate of drug-likeness (QED) is 0.501. The smallest absolute Gasteiger partial charge is 0.267 e. The van der Waals surface area contributed by atoms with Gasteiger partial charge in [-0.2, -0.15) is 10.1 Å². The number of aryl methyl sites for hydroxylation is 1. The van der Waals surface area contributed by atoms with Gasteiger partial charge in [-0.3, -0.25) is 4.79 Å². The standard InChI is InChI=1S/C22H20N4O3/c1-3-28-18-10-8-17(9-11-18)22-23-20(29-25-22)14-26-21(27)13-12-19(24-26)16-6-4-15(2)5-7-16/h4-13H,3,14H2,1-2H3. The molecule has 146 valence electrons. The van der Waals surface area contributed by atoms with E-state index < -0.39 is 0 Å². The Morgan fingerprint density at radius 3 is 2.41 bits per heavy atom. The fourth-order valence-corrected chi connectivity index (χ4v) is 2.87. The van der Waals surface area contributed by atoms with Crippen LogP contribution in [0.15, 0.2) is 70.0 Å². The molecule has 0 saturated heterocycles. The maximum absolute atomic E-state index is 12.2. The number of rotatable bonds is 6. The predicted molar refractivity (Wildman–Crippen MR) is 109 cm³/mol. The topological polar surface area (TPSA) is 83.0 Å². The van der Waals surface area contributed by atoms with Gasteiger partial charge in [0.15, 0.2) is 0 Å². The molecule has 0 radical (unpaired) electrons. The Morgan fingerprint density at radius 1 is 0.966 bits per heavy atom. The van der Waals surface area contributed by atoms with E-state index in [9.17, 15) is 4.79 Å². The summed E-state index contributed by atoms with van der Waals surface area (Å²) in [6.45, 7) is 4.66. The first-order valence-electron chi connectivity index (χ1n) is 9.33. The highest BCUT2D eigenvalue weighted by molar-refractivity contribution is 5.58. The fraction of sp³-hybridized carbons (Fsp3) is 0.182. The summed E-state index contributed by atoms with van der Waals surface area (Å²) in [5, 5.41) is 8.45. The number of aromatic nitrogens is 4. The average Bonchev–Trinajstić information content (AvgIpc) is 3.20. The molecule has 7 heteroatoms. The molecular formula is C22H20N4O3.